The lowest BCUT2D eigenvalue weighted by atomic mass is 10.2. The molecule has 0 spiro atoms. The Morgan fingerprint density at radius 2 is 0.875 bits per heavy atom. The van der Waals surface area contributed by atoms with Crippen LogP contribution in [0.4, 0.5) is 0 Å². The summed E-state index contributed by atoms with van der Waals surface area (Å²) >= 11 is 12.0. The number of hydrogen-bond donors (Lipinski definition) is 0. The molecule has 0 radical (unpaired) electrons. The standard InChI is InChI=1S/C21H19Cl2S/c22-20-10-6-18(7-11-20)15-24(14-17-4-2-1-3-5-17)16-19-8-12-21(23)13-9-19/h1-13H,14-16H2/q+1. The first-order chi connectivity index (χ1) is 11.7. The first-order valence-electron chi connectivity index (χ1n) is 7.86. The molecule has 3 aromatic carbocycles. The highest BCUT2D eigenvalue weighted by atomic mass is 35.5. The molecular weight excluding hydrogens is 355 g/mol. The Balaban J connectivity index is 1.76. The van der Waals surface area contributed by atoms with Crippen LogP contribution in [0.2, 0.25) is 10.0 Å². The number of hydrogen-bond acceptors (Lipinski definition) is 0. The smallest absolute Gasteiger partial charge is 0.0843 e. The van der Waals surface area contributed by atoms with Gasteiger partial charge in [-0.15, -0.1) is 0 Å². The molecule has 0 saturated heterocycles. The molecule has 0 N–H and O–H groups in total. The van der Waals surface area contributed by atoms with Gasteiger partial charge >= 0.3 is 0 Å². The summed E-state index contributed by atoms with van der Waals surface area (Å²) in [5.41, 5.74) is 4.07. The fraction of sp³-hybridized carbons (Fsp3) is 0.143. The fourth-order valence-electron chi connectivity index (χ4n) is 2.60. The van der Waals surface area contributed by atoms with E-state index in [2.05, 4.69) is 54.6 Å². The maximum atomic E-state index is 6.01. The Bertz CT molecular complexity index is 705. The molecule has 24 heavy (non-hydrogen) atoms. The summed E-state index contributed by atoms with van der Waals surface area (Å²) < 4.78 is 0. The van der Waals surface area contributed by atoms with Gasteiger partial charge in [-0.25, -0.2) is 0 Å². The van der Waals surface area contributed by atoms with Gasteiger partial charge in [0, 0.05) is 37.6 Å². The summed E-state index contributed by atoms with van der Waals surface area (Å²) in [6.45, 7) is 0. The van der Waals surface area contributed by atoms with Crippen molar-refractivity contribution in [3.63, 3.8) is 0 Å². The number of benzene rings is 3. The van der Waals surface area contributed by atoms with E-state index in [4.69, 9.17) is 23.2 Å². The van der Waals surface area contributed by atoms with Crippen LogP contribution in [0.15, 0.2) is 78.9 Å². The predicted molar refractivity (Wildman–Crippen MR) is 108 cm³/mol. The largest absolute Gasteiger partial charge is 0.133 e. The van der Waals surface area contributed by atoms with E-state index < -0.39 is 0 Å². The highest BCUT2D eigenvalue weighted by Gasteiger charge is 2.20. The average molecular weight is 374 g/mol. The van der Waals surface area contributed by atoms with Gasteiger partial charge in [0.25, 0.3) is 0 Å². The highest BCUT2D eigenvalue weighted by molar-refractivity contribution is 7.94. The van der Waals surface area contributed by atoms with Crippen molar-refractivity contribution in [1.29, 1.82) is 0 Å². The van der Waals surface area contributed by atoms with Gasteiger partial charge in [-0.2, -0.15) is 0 Å². The second-order valence-electron chi connectivity index (χ2n) is 5.78. The second kappa shape index (κ2) is 8.62. The maximum absolute atomic E-state index is 6.01. The fourth-order valence-corrected chi connectivity index (χ4v) is 5.15. The predicted octanol–water partition coefficient (Wildman–Crippen LogP) is 6.51. The van der Waals surface area contributed by atoms with Crippen LogP contribution in [0.3, 0.4) is 0 Å². The molecule has 3 rings (SSSR count). The van der Waals surface area contributed by atoms with Crippen molar-refractivity contribution >= 4 is 34.1 Å². The van der Waals surface area contributed by atoms with E-state index in [0.717, 1.165) is 27.3 Å². The van der Waals surface area contributed by atoms with E-state index in [-0.39, 0.29) is 10.9 Å². The summed E-state index contributed by atoms with van der Waals surface area (Å²) in [7, 11) is 0.223. The van der Waals surface area contributed by atoms with E-state index in [1.807, 2.05) is 24.3 Å². The van der Waals surface area contributed by atoms with Gasteiger partial charge in [-0.05, 0) is 24.3 Å². The Morgan fingerprint density at radius 1 is 0.500 bits per heavy atom. The van der Waals surface area contributed by atoms with Crippen LogP contribution in [-0.2, 0) is 28.2 Å². The van der Waals surface area contributed by atoms with Crippen molar-refractivity contribution in [2.75, 3.05) is 0 Å². The molecule has 0 amide bonds. The van der Waals surface area contributed by atoms with Crippen LogP contribution in [0, 0.1) is 0 Å². The van der Waals surface area contributed by atoms with Crippen molar-refractivity contribution in [1.82, 2.24) is 0 Å². The number of rotatable bonds is 6. The van der Waals surface area contributed by atoms with E-state index in [0.29, 0.717) is 0 Å². The zero-order valence-corrected chi connectivity index (χ0v) is 15.6. The van der Waals surface area contributed by atoms with Crippen molar-refractivity contribution in [2.45, 2.75) is 17.3 Å². The van der Waals surface area contributed by atoms with Gasteiger partial charge in [0.05, 0.1) is 0 Å². The minimum atomic E-state index is 0.223. The SMILES string of the molecule is Clc1ccc(C[S+](Cc2ccccc2)Cc2ccc(Cl)cc2)cc1. The monoisotopic (exact) mass is 373 g/mol. The molecule has 0 fully saturated rings. The number of halogens is 2. The molecule has 0 heterocycles. The van der Waals surface area contributed by atoms with E-state index in [1.165, 1.54) is 16.7 Å². The molecule has 0 bridgehead atoms. The van der Waals surface area contributed by atoms with Gasteiger partial charge in [0.2, 0.25) is 0 Å². The van der Waals surface area contributed by atoms with Crippen molar-refractivity contribution in [3.8, 4) is 0 Å². The Morgan fingerprint density at radius 3 is 1.29 bits per heavy atom. The van der Waals surface area contributed by atoms with Gasteiger partial charge < -0.3 is 0 Å². The Hall–Kier alpha value is -1.41. The lowest BCUT2D eigenvalue weighted by Crippen LogP contribution is -2.12. The summed E-state index contributed by atoms with van der Waals surface area (Å²) in [5, 5.41) is 1.58. The highest BCUT2D eigenvalue weighted by Crippen LogP contribution is 2.21. The van der Waals surface area contributed by atoms with Crippen LogP contribution < -0.4 is 0 Å². The van der Waals surface area contributed by atoms with Gasteiger partial charge in [-0.1, -0.05) is 77.8 Å². The minimum Gasteiger partial charge on any atom is -0.0843 e. The van der Waals surface area contributed by atoms with E-state index >= 15 is 0 Å². The minimum absolute atomic E-state index is 0.223. The lowest BCUT2D eigenvalue weighted by Gasteiger charge is -2.10. The molecule has 0 saturated carbocycles. The zero-order valence-electron chi connectivity index (χ0n) is 13.3. The molecule has 0 aliphatic rings. The summed E-state index contributed by atoms with van der Waals surface area (Å²) in [6, 6.07) is 27.2. The zero-order chi connectivity index (χ0) is 16.8. The third-order valence-corrected chi connectivity index (χ3v) is 6.51. The van der Waals surface area contributed by atoms with Crippen LogP contribution in [0.1, 0.15) is 16.7 Å². The third kappa shape index (κ3) is 5.31. The molecule has 0 nitrogen and oxygen atoms in total. The van der Waals surface area contributed by atoms with Crippen LogP contribution in [-0.4, -0.2) is 0 Å². The normalized spacial score (nSPS) is 11.0. The van der Waals surface area contributed by atoms with Crippen LogP contribution >= 0.6 is 23.2 Å². The van der Waals surface area contributed by atoms with Crippen molar-refractivity contribution < 1.29 is 0 Å². The first-order valence-corrected chi connectivity index (χ1v) is 10.3. The van der Waals surface area contributed by atoms with E-state index in [1.54, 1.807) is 0 Å². The molecule has 3 aromatic rings. The Labute approximate surface area is 156 Å². The molecule has 0 aliphatic heterocycles. The molecule has 0 atom stereocenters. The summed E-state index contributed by atoms with van der Waals surface area (Å²) in [4.78, 5) is 0. The molecule has 0 aromatic heterocycles. The lowest BCUT2D eigenvalue weighted by molar-refractivity contribution is 1.28. The molecule has 0 aliphatic carbocycles. The van der Waals surface area contributed by atoms with E-state index in [9.17, 15) is 0 Å². The summed E-state index contributed by atoms with van der Waals surface area (Å²) in [5.74, 6) is 3.22. The van der Waals surface area contributed by atoms with Crippen LogP contribution in [0.25, 0.3) is 0 Å². The average Bonchev–Trinajstić information content (AvgIpc) is 2.60. The van der Waals surface area contributed by atoms with Crippen molar-refractivity contribution in [2.24, 2.45) is 0 Å². The molecular formula is C21H19Cl2S+. The third-order valence-electron chi connectivity index (χ3n) is 3.78. The Kier molecular flexibility index (Phi) is 6.25. The first kappa shape index (κ1) is 17.4. The molecule has 3 heteroatoms. The molecule has 122 valence electrons. The van der Waals surface area contributed by atoms with Crippen molar-refractivity contribution in [3.05, 3.63) is 106 Å². The van der Waals surface area contributed by atoms with Gasteiger partial charge in [0.1, 0.15) is 17.3 Å². The summed E-state index contributed by atoms with van der Waals surface area (Å²) in [6.07, 6.45) is 0. The van der Waals surface area contributed by atoms with Crippen LogP contribution in [0.5, 0.6) is 0 Å². The second-order valence-corrected chi connectivity index (χ2v) is 8.75. The molecule has 0 unspecified atom stereocenters. The topological polar surface area (TPSA) is 0 Å². The quantitative estimate of drug-likeness (QED) is 0.431. The van der Waals surface area contributed by atoms with Gasteiger partial charge in [0.15, 0.2) is 0 Å². The van der Waals surface area contributed by atoms with Gasteiger partial charge in [-0.3, -0.25) is 0 Å². The maximum Gasteiger partial charge on any atom is 0.133 e.